The van der Waals surface area contributed by atoms with Crippen LogP contribution in [-0.2, 0) is 10.0 Å². The summed E-state index contributed by atoms with van der Waals surface area (Å²) in [5, 5.41) is 10.6. The molecule has 3 rings (SSSR count). The Morgan fingerprint density at radius 3 is 2.31 bits per heavy atom. The second kappa shape index (κ2) is 7.35. The van der Waals surface area contributed by atoms with Gasteiger partial charge >= 0.3 is 0 Å². The summed E-state index contributed by atoms with van der Waals surface area (Å²) in [5.74, 6) is -0.268. The number of sulfonamides is 1. The van der Waals surface area contributed by atoms with Crippen LogP contribution in [0.2, 0.25) is 0 Å². The molecule has 0 radical (unpaired) electrons. The number of nitrogens with zero attached hydrogens (tertiary/aromatic N) is 1. The third-order valence-electron chi connectivity index (χ3n) is 5.10. The van der Waals surface area contributed by atoms with Gasteiger partial charge in [-0.2, -0.15) is 4.31 Å². The Morgan fingerprint density at radius 2 is 1.73 bits per heavy atom. The van der Waals surface area contributed by atoms with Crippen molar-refractivity contribution >= 4 is 10.0 Å². The minimum absolute atomic E-state index is 0.228. The first-order valence-electron chi connectivity index (χ1n) is 8.77. The lowest BCUT2D eigenvalue weighted by molar-refractivity contribution is 0.0420. The number of rotatable bonds is 4. The van der Waals surface area contributed by atoms with Crippen LogP contribution in [0.15, 0.2) is 71.6 Å². The van der Waals surface area contributed by atoms with Gasteiger partial charge in [-0.3, -0.25) is 0 Å². The highest BCUT2D eigenvalue weighted by Gasteiger charge is 2.42. The van der Waals surface area contributed by atoms with E-state index in [2.05, 4.69) is 6.58 Å². The minimum atomic E-state index is -3.68. The first-order chi connectivity index (χ1) is 12.3. The molecule has 0 aromatic heterocycles. The van der Waals surface area contributed by atoms with Gasteiger partial charge in [0.05, 0.1) is 17.0 Å². The first kappa shape index (κ1) is 18.8. The van der Waals surface area contributed by atoms with Crippen LogP contribution in [0.25, 0.3) is 0 Å². The molecule has 1 saturated heterocycles. The molecule has 0 unspecified atom stereocenters. The van der Waals surface area contributed by atoms with E-state index in [-0.39, 0.29) is 17.4 Å². The standard InChI is InChI=1S/C21H25NO3S/c1-15(2)19-14-22(26(24,25)18-11-9-16(3)10-12-18)20(13-21(19)23)17-7-5-4-6-8-17/h4-12,19-21,23H,1,13-14H2,2-3H3/t19-,20+,21-/m0/s1. The van der Waals surface area contributed by atoms with Crippen LogP contribution in [0.3, 0.4) is 0 Å². The number of benzene rings is 2. The predicted molar refractivity (Wildman–Crippen MR) is 103 cm³/mol. The van der Waals surface area contributed by atoms with Crippen molar-refractivity contribution in [2.24, 2.45) is 5.92 Å². The van der Waals surface area contributed by atoms with Crippen molar-refractivity contribution in [3.05, 3.63) is 77.9 Å². The third kappa shape index (κ3) is 3.61. The van der Waals surface area contributed by atoms with Gasteiger partial charge in [0.2, 0.25) is 10.0 Å². The van der Waals surface area contributed by atoms with Crippen LogP contribution in [0.1, 0.15) is 30.5 Å². The molecule has 0 bridgehead atoms. The van der Waals surface area contributed by atoms with Gasteiger partial charge in [0.25, 0.3) is 0 Å². The van der Waals surface area contributed by atoms with Gasteiger partial charge in [-0.25, -0.2) is 8.42 Å². The maximum Gasteiger partial charge on any atom is 0.243 e. The SMILES string of the molecule is C=C(C)[C@@H]1CN(S(=O)(=O)c2ccc(C)cc2)[C@@H](c2ccccc2)C[C@@H]1O. The lowest BCUT2D eigenvalue weighted by Gasteiger charge is -2.42. The Labute approximate surface area is 155 Å². The fourth-order valence-electron chi connectivity index (χ4n) is 3.53. The normalized spacial score (nSPS) is 24.3. The number of aliphatic hydroxyl groups is 1. The van der Waals surface area contributed by atoms with E-state index in [1.807, 2.05) is 44.2 Å². The van der Waals surface area contributed by atoms with Crippen molar-refractivity contribution in [1.82, 2.24) is 4.31 Å². The molecular weight excluding hydrogens is 346 g/mol. The van der Waals surface area contributed by atoms with Gasteiger partial charge in [0, 0.05) is 12.5 Å². The fourth-order valence-corrected chi connectivity index (χ4v) is 5.18. The maximum absolute atomic E-state index is 13.4. The topological polar surface area (TPSA) is 57.6 Å². The van der Waals surface area contributed by atoms with E-state index in [4.69, 9.17) is 0 Å². The van der Waals surface area contributed by atoms with Crippen molar-refractivity contribution in [3.8, 4) is 0 Å². The Morgan fingerprint density at radius 1 is 1.12 bits per heavy atom. The third-order valence-corrected chi connectivity index (χ3v) is 6.99. The molecule has 2 aromatic rings. The molecule has 26 heavy (non-hydrogen) atoms. The van der Waals surface area contributed by atoms with Gasteiger partial charge in [-0.05, 0) is 38.0 Å². The summed E-state index contributed by atoms with van der Waals surface area (Å²) >= 11 is 0. The number of hydrogen-bond acceptors (Lipinski definition) is 3. The zero-order valence-electron chi connectivity index (χ0n) is 15.2. The van der Waals surface area contributed by atoms with Crippen LogP contribution >= 0.6 is 0 Å². The molecule has 4 nitrogen and oxygen atoms in total. The van der Waals surface area contributed by atoms with Crippen LogP contribution in [-0.4, -0.2) is 30.5 Å². The monoisotopic (exact) mass is 371 g/mol. The molecule has 3 atom stereocenters. The molecule has 0 spiro atoms. The number of hydrogen-bond donors (Lipinski definition) is 1. The average molecular weight is 372 g/mol. The minimum Gasteiger partial charge on any atom is -0.392 e. The maximum atomic E-state index is 13.4. The van der Waals surface area contributed by atoms with Crippen LogP contribution in [0, 0.1) is 12.8 Å². The molecule has 2 aromatic carbocycles. The molecule has 0 aliphatic carbocycles. The van der Waals surface area contributed by atoms with Crippen LogP contribution < -0.4 is 0 Å². The summed E-state index contributed by atoms with van der Waals surface area (Å²) in [6.07, 6.45) is -0.255. The van der Waals surface area contributed by atoms with E-state index < -0.39 is 22.2 Å². The highest BCUT2D eigenvalue weighted by Crippen LogP contribution is 2.39. The van der Waals surface area contributed by atoms with Gasteiger partial charge in [0.1, 0.15) is 0 Å². The Balaban J connectivity index is 2.05. The van der Waals surface area contributed by atoms with Crippen LogP contribution in [0.4, 0.5) is 0 Å². The summed E-state index contributed by atoms with van der Waals surface area (Å²) in [5.41, 5.74) is 2.70. The van der Waals surface area contributed by atoms with Crippen molar-refractivity contribution in [3.63, 3.8) is 0 Å². The number of aliphatic hydroxyl groups excluding tert-OH is 1. The highest BCUT2D eigenvalue weighted by molar-refractivity contribution is 7.89. The summed E-state index contributed by atoms with van der Waals surface area (Å²) in [7, 11) is -3.68. The highest BCUT2D eigenvalue weighted by atomic mass is 32.2. The zero-order valence-corrected chi connectivity index (χ0v) is 16.0. The molecular formula is C21H25NO3S. The molecule has 0 saturated carbocycles. The van der Waals surface area contributed by atoms with E-state index in [1.54, 1.807) is 24.3 Å². The van der Waals surface area contributed by atoms with Crippen molar-refractivity contribution < 1.29 is 13.5 Å². The lowest BCUT2D eigenvalue weighted by Crippen LogP contribution is -2.48. The Kier molecular flexibility index (Phi) is 5.32. The van der Waals surface area contributed by atoms with Crippen molar-refractivity contribution in [2.75, 3.05) is 6.54 Å². The van der Waals surface area contributed by atoms with Gasteiger partial charge < -0.3 is 5.11 Å². The van der Waals surface area contributed by atoms with Crippen LogP contribution in [0.5, 0.6) is 0 Å². The largest absolute Gasteiger partial charge is 0.392 e. The molecule has 1 aliphatic rings. The molecule has 0 amide bonds. The average Bonchev–Trinajstić information content (AvgIpc) is 2.62. The van der Waals surface area contributed by atoms with E-state index in [1.165, 1.54) is 4.31 Å². The van der Waals surface area contributed by atoms with Gasteiger partial charge in [-0.1, -0.05) is 60.2 Å². The molecule has 1 aliphatic heterocycles. The molecule has 5 heteroatoms. The smallest absolute Gasteiger partial charge is 0.243 e. The first-order valence-corrected chi connectivity index (χ1v) is 10.2. The van der Waals surface area contributed by atoms with Gasteiger partial charge in [0.15, 0.2) is 0 Å². The van der Waals surface area contributed by atoms with E-state index >= 15 is 0 Å². The zero-order chi connectivity index (χ0) is 18.9. The molecule has 1 heterocycles. The lowest BCUT2D eigenvalue weighted by atomic mass is 9.85. The fraction of sp³-hybridized carbons (Fsp3) is 0.333. The molecule has 1 fully saturated rings. The van der Waals surface area contributed by atoms with E-state index in [9.17, 15) is 13.5 Å². The Bertz CT molecular complexity index is 875. The molecule has 1 N–H and O–H groups in total. The van der Waals surface area contributed by atoms with E-state index in [0.717, 1.165) is 16.7 Å². The van der Waals surface area contributed by atoms with E-state index in [0.29, 0.717) is 6.42 Å². The van der Waals surface area contributed by atoms with Crippen molar-refractivity contribution in [1.29, 1.82) is 0 Å². The summed E-state index contributed by atoms with van der Waals surface area (Å²) in [6, 6.07) is 16.0. The Hall–Kier alpha value is -1.95. The summed E-state index contributed by atoms with van der Waals surface area (Å²) < 4.78 is 28.3. The summed E-state index contributed by atoms with van der Waals surface area (Å²) in [4.78, 5) is 0.279. The number of aryl methyl sites for hydroxylation is 1. The van der Waals surface area contributed by atoms with Gasteiger partial charge in [-0.15, -0.1) is 0 Å². The predicted octanol–water partition coefficient (Wildman–Crippen LogP) is 3.68. The van der Waals surface area contributed by atoms with Crippen molar-refractivity contribution in [2.45, 2.75) is 37.3 Å². The quantitative estimate of drug-likeness (QED) is 0.834. The molecule has 138 valence electrons. The second-order valence-electron chi connectivity index (χ2n) is 7.07. The second-order valence-corrected chi connectivity index (χ2v) is 8.96. The summed E-state index contributed by atoms with van der Waals surface area (Å²) in [6.45, 7) is 7.94. The number of piperidine rings is 1.